The third kappa shape index (κ3) is 1.91. The molecular formula is C12H18N2O2. The second kappa shape index (κ2) is 4.41. The summed E-state index contributed by atoms with van der Waals surface area (Å²) in [6.07, 6.45) is -1.32. The fraction of sp³-hybridized carbons (Fsp3) is 0.500. The molecule has 2 rings (SSSR count). The molecule has 88 valence electrons. The maximum absolute atomic E-state index is 9.56. The summed E-state index contributed by atoms with van der Waals surface area (Å²) in [7, 11) is 0. The second-order valence-corrected chi connectivity index (χ2v) is 4.33. The van der Waals surface area contributed by atoms with Gasteiger partial charge >= 0.3 is 0 Å². The Bertz CT molecular complexity index is 371. The number of aliphatic hydroxyl groups is 2. The largest absolute Gasteiger partial charge is 0.389 e. The van der Waals surface area contributed by atoms with Gasteiger partial charge in [-0.05, 0) is 18.1 Å². The highest BCUT2D eigenvalue weighted by atomic mass is 16.3. The lowest BCUT2D eigenvalue weighted by Crippen LogP contribution is -2.24. The predicted molar refractivity (Wildman–Crippen MR) is 63.3 cm³/mol. The summed E-state index contributed by atoms with van der Waals surface area (Å²) < 4.78 is 0. The molecule has 1 saturated heterocycles. The van der Waals surface area contributed by atoms with Crippen LogP contribution < -0.4 is 10.6 Å². The number of benzene rings is 1. The van der Waals surface area contributed by atoms with Gasteiger partial charge in [-0.25, -0.2) is 0 Å². The van der Waals surface area contributed by atoms with Crippen molar-refractivity contribution in [2.45, 2.75) is 25.7 Å². The molecule has 2 unspecified atom stereocenters. The maximum atomic E-state index is 9.56. The number of aliphatic hydroxyl groups excluding tert-OH is 2. The number of β-amino-alcohol motifs (C(OH)–C–C–N with tert-alkyl or cyclic N) is 2. The van der Waals surface area contributed by atoms with Gasteiger partial charge in [-0.15, -0.1) is 0 Å². The number of nitrogens with two attached hydrogens (primary N) is 1. The molecule has 1 aliphatic rings. The topological polar surface area (TPSA) is 69.7 Å². The number of hydrogen-bond donors (Lipinski definition) is 3. The van der Waals surface area contributed by atoms with Crippen molar-refractivity contribution < 1.29 is 10.2 Å². The molecule has 4 heteroatoms. The van der Waals surface area contributed by atoms with Crippen molar-refractivity contribution in [1.82, 2.24) is 0 Å². The SMILES string of the molecule is Cc1cccc(CN)c1N1CC(O)C(O)C1. The fourth-order valence-corrected chi connectivity index (χ4v) is 2.29. The summed E-state index contributed by atoms with van der Waals surface area (Å²) in [6.45, 7) is 3.43. The van der Waals surface area contributed by atoms with Gasteiger partial charge in [-0.3, -0.25) is 0 Å². The number of para-hydroxylation sites is 1. The molecule has 16 heavy (non-hydrogen) atoms. The van der Waals surface area contributed by atoms with Gasteiger partial charge in [0.2, 0.25) is 0 Å². The Balaban J connectivity index is 2.33. The van der Waals surface area contributed by atoms with E-state index < -0.39 is 12.2 Å². The molecular weight excluding hydrogens is 204 g/mol. The Kier molecular flexibility index (Phi) is 3.14. The van der Waals surface area contributed by atoms with Crippen LogP contribution in [0.3, 0.4) is 0 Å². The van der Waals surface area contributed by atoms with Crippen LogP contribution >= 0.6 is 0 Å². The van der Waals surface area contributed by atoms with Crippen LogP contribution in [0.4, 0.5) is 5.69 Å². The standard InChI is InChI=1S/C12H18N2O2/c1-8-3-2-4-9(5-13)12(8)14-6-10(15)11(16)7-14/h2-4,10-11,15-16H,5-7,13H2,1H3. The lowest BCUT2D eigenvalue weighted by Gasteiger charge is -2.23. The highest BCUT2D eigenvalue weighted by molar-refractivity contribution is 5.60. The molecule has 0 bridgehead atoms. The van der Waals surface area contributed by atoms with Crippen LogP contribution in [0.25, 0.3) is 0 Å². The van der Waals surface area contributed by atoms with Crippen LogP contribution in [-0.4, -0.2) is 35.5 Å². The molecule has 1 aromatic rings. The third-order valence-electron chi connectivity index (χ3n) is 3.12. The Morgan fingerprint density at radius 1 is 1.31 bits per heavy atom. The molecule has 1 aromatic carbocycles. The Morgan fingerprint density at radius 3 is 2.50 bits per heavy atom. The number of hydrogen-bond acceptors (Lipinski definition) is 4. The van der Waals surface area contributed by atoms with Crippen molar-refractivity contribution in [3.63, 3.8) is 0 Å². The third-order valence-corrected chi connectivity index (χ3v) is 3.12. The van der Waals surface area contributed by atoms with E-state index in [2.05, 4.69) is 0 Å². The smallest absolute Gasteiger partial charge is 0.0990 e. The van der Waals surface area contributed by atoms with E-state index in [-0.39, 0.29) is 0 Å². The lowest BCUT2D eigenvalue weighted by atomic mass is 10.1. The number of aryl methyl sites for hydroxylation is 1. The van der Waals surface area contributed by atoms with E-state index in [1.165, 1.54) is 0 Å². The average molecular weight is 222 g/mol. The first-order valence-electron chi connectivity index (χ1n) is 5.53. The summed E-state index contributed by atoms with van der Waals surface area (Å²) in [5.41, 5.74) is 8.95. The van der Waals surface area contributed by atoms with Gasteiger partial charge in [-0.1, -0.05) is 18.2 Å². The zero-order valence-electron chi connectivity index (χ0n) is 9.43. The monoisotopic (exact) mass is 222 g/mol. The van der Waals surface area contributed by atoms with E-state index in [0.717, 1.165) is 16.8 Å². The normalized spacial score (nSPS) is 25.1. The van der Waals surface area contributed by atoms with E-state index in [9.17, 15) is 10.2 Å². The van der Waals surface area contributed by atoms with Crippen LogP contribution in [-0.2, 0) is 6.54 Å². The quantitative estimate of drug-likeness (QED) is 0.658. The summed E-state index contributed by atoms with van der Waals surface area (Å²) in [5, 5.41) is 19.1. The molecule has 0 aromatic heterocycles. The van der Waals surface area contributed by atoms with Crippen molar-refractivity contribution in [3.8, 4) is 0 Å². The average Bonchev–Trinajstić information content (AvgIpc) is 2.58. The van der Waals surface area contributed by atoms with E-state index in [4.69, 9.17) is 5.73 Å². The van der Waals surface area contributed by atoms with Gasteiger partial charge < -0.3 is 20.8 Å². The van der Waals surface area contributed by atoms with Crippen molar-refractivity contribution in [1.29, 1.82) is 0 Å². The van der Waals surface area contributed by atoms with Crippen LogP contribution in [0.5, 0.6) is 0 Å². The van der Waals surface area contributed by atoms with E-state index >= 15 is 0 Å². The van der Waals surface area contributed by atoms with Crippen LogP contribution in [0.15, 0.2) is 18.2 Å². The first-order chi connectivity index (χ1) is 7.63. The molecule has 0 aliphatic carbocycles. The predicted octanol–water partition coefficient (Wildman–Crippen LogP) is -0.00448. The first kappa shape index (κ1) is 11.4. The summed E-state index contributed by atoms with van der Waals surface area (Å²) in [5.74, 6) is 0. The molecule has 1 heterocycles. The molecule has 4 nitrogen and oxygen atoms in total. The van der Waals surface area contributed by atoms with Gasteiger partial charge in [-0.2, -0.15) is 0 Å². The number of rotatable bonds is 2. The Labute approximate surface area is 95.3 Å². The van der Waals surface area contributed by atoms with Crippen molar-refractivity contribution in [3.05, 3.63) is 29.3 Å². The molecule has 0 radical (unpaired) electrons. The molecule has 0 saturated carbocycles. The zero-order chi connectivity index (χ0) is 11.7. The molecule has 1 aliphatic heterocycles. The zero-order valence-corrected chi connectivity index (χ0v) is 9.43. The molecule has 0 amide bonds. The summed E-state index contributed by atoms with van der Waals surface area (Å²) in [4.78, 5) is 2.01. The maximum Gasteiger partial charge on any atom is 0.0990 e. The van der Waals surface area contributed by atoms with Crippen LogP contribution in [0.1, 0.15) is 11.1 Å². The van der Waals surface area contributed by atoms with E-state index in [0.29, 0.717) is 19.6 Å². The molecule has 2 atom stereocenters. The van der Waals surface area contributed by atoms with E-state index in [1.807, 2.05) is 30.0 Å². The number of anilines is 1. The fourth-order valence-electron chi connectivity index (χ4n) is 2.29. The highest BCUT2D eigenvalue weighted by Gasteiger charge is 2.31. The van der Waals surface area contributed by atoms with E-state index in [1.54, 1.807) is 0 Å². The van der Waals surface area contributed by atoms with Gasteiger partial charge in [0.25, 0.3) is 0 Å². The Morgan fingerprint density at radius 2 is 1.94 bits per heavy atom. The molecule has 4 N–H and O–H groups in total. The van der Waals surface area contributed by atoms with Gasteiger partial charge in [0.05, 0.1) is 12.2 Å². The van der Waals surface area contributed by atoms with Crippen molar-refractivity contribution in [2.24, 2.45) is 5.73 Å². The van der Waals surface area contributed by atoms with Crippen LogP contribution in [0.2, 0.25) is 0 Å². The lowest BCUT2D eigenvalue weighted by molar-refractivity contribution is 0.0572. The molecule has 0 spiro atoms. The Hall–Kier alpha value is -1.10. The minimum Gasteiger partial charge on any atom is -0.389 e. The van der Waals surface area contributed by atoms with Crippen molar-refractivity contribution >= 4 is 5.69 Å². The van der Waals surface area contributed by atoms with Crippen LogP contribution in [0, 0.1) is 6.92 Å². The van der Waals surface area contributed by atoms with Gasteiger partial charge in [0, 0.05) is 25.3 Å². The summed E-state index contributed by atoms with van der Waals surface area (Å²) >= 11 is 0. The second-order valence-electron chi connectivity index (χ2n) is 4.33. The highest BCUT2D eigenvalue weighted by Crippen LogP contribution is 2.28. The van der Waals surface area contributed by atoms with Crippen molar-refractivity contribution in [2.75, 3.05) is 18.0 Å². The minimum atomic E-state index is -0.662. The first-order valence-corrected chi connectivity index (χ1v) is 5.53. The molecule has 1 fully saturated rings. The van der Waals surface area contributed by atoms with Gasteiger partial charge in [0.15, 0.2) is 0 Å². The van der Waals surface area contributed by atoms with Gasteiger partial charge in [0.1, 0.15) is 0 Å². The minimum absolute atomic E-state index is 0.471. The summed E-state index contributed by atoms with van der Waals surface area (Å²) in [6, 6.07) is 5.98. The number of nitrogens with zero attached hydrogens (tertiary/aromatic N) is 1.